The van der Waals surface area contributed by atoms with Crippen LogP contribution >= 0.6 is 11.8 Å². The van der Waals surface area contributed by atoms with Crippen molar-refractivity contribution in [2.75, 3.05) is 5.75 Å². The lowest BCUT2D eigenvalue weighted by atomic mass is 10.1. The zero-order chi connectivity index (χ0) is 21.7. The quantitative estimate of drug-likeness (QED) is 0.356. The number of carbonyl (C=O) groups excluding carboxylic acids is 2. The van der Waals surface area contributed by atoms with Crippen LogP contribution in [0.1, 0.15) is 21.5 Å². The maximum Gasteiger partial charge on any atom is 0.269 e. The van der Waals surface area contributed by atoms with Crippen molar-refractivity contribution < 1.29 is 14.5 Å². The Balaban J connectivity index is 1.54. The normalized spacial score (nSPS) is 10.5. The van der Waals surface area contributed by atoms with Gasteiger partial charge in [0.15, 0.2) is 5.16 Å². The molecule has 0 fully saturated rings. The number of nitrogens with one attached hydrogen (secondary N) is 2. The lowest BCUT2D eigenvalue weighted by molar-refractivity contribution is -0.384. The van der Waals surface area contributed by atoms with Gasteiger partial charge in [0.1, 0.15) is 0 Å². The van der Waals surface area contributed by atoms with Crippen LogP contribution in [0.15, 0.2) is 60.0 Å². The third kappa shape index (κ3) is 5.03. The molecular formula is C20H19N5O4S. The fourth-order valence-electron chi connectivity index (χ4n) is 2.57. The average molecular weight is 425 g/mol. The molecule has 2 amide bonds. The Kier molecular flexibility index (Phi) is 6.48. The molecule has 2 N–H and O–H groups in total. The molecule has 9 nitrogen and oxygen atoms in total. The standard InChI is InChI=1S/C20H19N5O4S/c1-13-3-6-17(11-14(13)2)24-10-9-21-20(24)30-12-18(26)22-23-19(27)15-4-7-16(8-5-15)25(28)29/h3-11H,12H2,1-2H3,(H,22,26)(H,23,27). The number of hydrogen-bond acceptors (Lipinski definition) is 6. The third-order valence-electron chi connectivity index (χ3n) is 4.36. The van der Waals surface area contributed by atoms with E-state index in [4.69, 9.17) is 0 Å². The molecule has 3 aromatic rings. The number of hydrazine groups is 1. The van der Waals surface area contributed by atoms with E-state index in [0.717, 1.165) is 11.3 Å². The van der Waals surface area contributed by atoms with E-state index in [2.05, 4.69) is 15.8 Å². The topological polar surface area (TPSA) is 119 Å². The van der Waals surface area contributed by atoms with Crippen molar-refractivity contribution in [1.82, 2.24) is 20.4 Å². The molecule has 0 unspecified atom stereocenters. The largest absolute Gasteiger partial charge is 0.295 e. The zero-order valence-corrected chi connectivity index (χ0v) is 17.1. The number of hydrogen-bond donors (Lipinski definition) is 2. The molecule has 0 radical (unpaired) electrons. The summed E-state index contributed by atoms with van der Waals surface area (Å²) in [4.78, 5) is 38.5. The average Bonchev–Trinajstić information content (AvgIpc) is 3.21. The summed E-state index contributed by atoms with van der Waals surface area (Å²) < 4.78 is 1.89. The molecule has 10 heteroatoms. The van der Waals surface area contributed by atoms with Crippen LogP contribution in [0.5, 0.6) is 0 Å². The summed E-state index contributed by atoms with van der Waals surface area (Å²) in [6, 6.07) is 11.1. The smallest absolute Gasteiger partial charge is 0.269 e. The first-order valence-electron chi connectivity index (χ1n) is 8.92. The Hall–Kier alpha value is -3.66. The van der Waals surface area contributed by atoms with E-state index in [-0.39, 0.29) is 17.0 Å². The van der Waals surface area contributed by atoms with E-state index in [9.17, 15) is 19.7 Å². The Morgan fingerprint density at radius 3 is 2.50 bits per heavy atom. The van der Waals surface area contributed by atoms with Gasteiger partial charge in [-0.1, -0.05) is 17.8 Å². The van der Waals surface area contributed by atoms with Crippen LogP contribution in [0.2, 0.25) is 0 Å². The van der Waals surface area contributed by atoms with Crippen molar-refractivity contribution in [3.63, 3.8) is 0 Å². The van der Waals surface area contributed by atoms with Gasteiger partial charge in [0.05, 0.1) is 10.7 Å². The van der Waals surface area contributed by atoms with Crippen molar-refractivity contribution >= 4 is 29.3 Å². The van der Waals surface area contributed by atoms with E-state index in [1.165, 1.54) is 41.6 Å². The van der Waals surface area contributed by atoms with Crippen LogP contribution in [0, 0.1) is 24.0 Å². The van der Waals surface area contributed by atoms with Crippen molar-refractivity contribution in [3.8, 4) is 5.69 Å². The van der Waals surface area contributed by atoms with Crippen molar-refractivity contribution in [1.29, 1.82) is 0 Å². The van der Waals surface area contributed by atoms with Crippen molar-refractivity contribution in [2.24, 2.45) is 0 Å². The van der Waals surface area contributed by atoms with Crippen LogP contribution in [-0.2, 0) is 4.79 Å². The summed E-state index contributed by atoms with van der Waals surface area (Å²) in [5, 5.41) is 11.3. The summed E-state index contributed by atoms with van der Waals surface area (Å²) in [6.07, 6.45) is 3.48. The number of nitro groups is 1. The van der Waals surface area contributed by atoms with E-state index >= 15 is 0 Å². The summed E-state index contributed by atoms with van der Waals surface area (Å²) in [6.45, 7) is 4.07. The highest BCUT2D eigenvalue weighted by Gasteiger charge is 2.12. The van der Waals surface area contributed by atoms with Crippen molar-refractivity contribution in [3.05, 3.63) is 81.7 Å². The van der Waals surface area contributed by atoms with Gasteiger partial charge in [-0.05, 0) is 49.2 Å². The molecule has 0 saturated heterocycles. The number of non-ortho nitro benzene ring substituents is 1. The highest BCUT2D eigenvalue weighted by Crippen LogP contribution is 2.22. The number of thioether (sulfide) groups is 1. The van der Waals surface area contributed by atoms with E-state index in [1.807, 2.05) is 42.8 Å². The molecule has 0 bridgehead atoms. The maximum atomic E-state index is 12.1. The molecule has 0 aliphatic carbocycles. The van der Waals surface area contributed by atoms with Crippen LogP contribution in [0.3, 0.4) is 0 Å². The SMILES string of the molecule is Cc1ccc(-n2ccnc2SCC(=O)NNC(=O)c2ccc([N+](=O)[O-])cc2)cc1C. The molecule has 30 heavy (non-hydrogen) atoms. The van der Waals surface area contributed by atoms with E-state index in [1.54, 1.807) is 6.20 Å². The molecule has 1 heterocycles. The zero-order valence-electron chi connectivity index (χ0n) is 16.3. The first-order chi connectivity index (χ1) is 14.3. The van der Waals surface area contributed by atoms with Gasteiger partial charge in [0.2, 0.25) is 5.91 Å². The fourth-order valence-corrected chi connectivity index (χ4v) is 3.34. The summed E-state index contributed by atoms with van der Waals surface area (Å²) in [7, 11) is 0. The summed E-state index contributed by atoms with van der Waals surface area (Å²) >= 11 is 1.23. The monoisotopic (exact) mass is 425 g/mol. The molecule has 2 aromatic carbocycles. The second kappa shape index (κ2) is 9.23. The van der Waals surface area contributed by atoms with Crippen LogP contribution in [0.25, 0.3) is 5.69 Å². The molecule has 3 rings (SSSR count). The first kappa shape index (κ1) is 21.1. The molecule has 0 aliphatic heterocycles. The maximum absolute atomic E-state index is 12.1. The lowest BCUT2D eigenvalue weighted by Gasteiger charge is -2.10. The number of benzene rings is 2. The highest BCUT2D eigenvalue weighted by molar-refractivity contribution is 7.99. The molecule has 0 aliphatic rings. The minimum absolute atomic E-state index is 0.0440. The van der Waals surface area contributed by atoms with E-state index in [0.29, 0.717) is 5.16 Å². The van der Waals surface area contributed by atoms with Gasteiger partial charge in [-0.2, -0.15) is 0 Å². The van der Waals surface area contributed by atoms with Gasteiger partial charge in [-0.15, -0.1) is 0 Å². The number of rotatable bonds is 6. The number of carbonyl (C=O) groups is 2. The van der Waals surface area contributed by atoms with Crippen LogP contribution < -0.4 is 10.9 Å². The van der Waals surface area contributed by atoms with Gasteiger partial charge in [0.25, 0.3) is 11.6 Å². The number of nitrogens with zero attached hydrogens (tertiary/aromatic N) is 3. The third-order valence-corrected chi connectivity index (χ3v) is 5.33. The first-order valence-corrected chi connectivity index (χ1v) is 9.91. The Morgan fingerprint density at radius 2 is 1.83 bits per heavy atom. The van der Waals surface area contributed by atoms with Gasteiger partial charge >= 0.3 is 0 Å². The Labute approximate surface area is 176 Å². The predicted molar refractivity (Wildman–Crippen MR) is 112 cm³/mol. The predicted octanol–water partition coefficient (Wildman–Crippen LogP) is 2.95. The number of amides is 2. The Morgan fingerprint density at radius 1 is 1.10 bits per heavy atom. The fraction of sp³-hybridized carbons (Fsp3) is 0.150. The minimum Gasteiger partial charge on any atom is -0.295 e. The van der Waals surface area contributed by atoms with Gasteiger partial charge in [-0.3, -0.25) is 35.1 Å². The van der Waals surface area contributed by atoms with E-state index < -0.39 is 16.7 Å². The number of aryl methyl sites for hydroxylation is 2. The highest BCUT2D eigenvalue weighted by atomic mass is 32.2. The minimum atomic E-state index is -0.570. The summed E-state index contributed by atoms with van der Waals surface area (Å²) in [5.41, 5.74) is 7.99. The number of nitro benzene ring substituents is 1. The summed E-state index contributed by atoms with van der Waals surface area (Å²) in [5.74, 6) is -0.938. The van der Waals surface area contributed by atoms with Crippen LogP contribution in [0.4, 0.5) is 5.69 Å². The second-order valence-corrected chi connectivity index (χ2v) is 7.39. The molecular weight excluding hydrogens is 406 g/mol. The number of aromatic nitrogens is 2. The molecule has 0 saturated carbocycles. The second-order valence-electron chi connectivity index (χ2n) is 6.44. The molecule has 0 atom stereocenters. The van der Waals surface area contributed by atoms with Gasteiger partial charge in [0, 0.05) is 35.8 Å². The van der Waals surface area contributed by atoms with Crippen LogP contribution in [-0.4, -0.2) is 32.0 Å². The Bertz CT molecular complexity index is 1090. The number of imidazole rings is 1. The van der Waals surface area contributed by atoms with Crippen molar-refractivity contribution in [2.45, 2.75) is 19.0 Å². The van der Waals surface area contributed by atoms with Gasteiger partial charge < -0.3 is 0 Å². The lowest BCUT2D eigenvalue weighted by Crippen LogP contribution is -2.42. The van der Waals surface area contributed by atoms with Gasteiger partial charge in [-0.25, -0.2) is 4.98 Å². The molecule has 0 spiro atoms. The molecule has 1 aromatic heterocycles. The molecule has 154 valence electrons.